The van der Waals surface area contributed by atoms with Crippen molar-refractivity contribution in [3.05, 3.63) is 58.4 Å². The van der Waals surface area contributed by atoms with Crippen molar-refractivity contribution in [1.29, 1.82) is 0 Å². The van der Waals surface area contributed by atoms with Crippen LogP contribution in [0.25, 0.3) is 0 Å². The van der Waals surface area contributed by atoms with Crippen molar-refractivity contribution in [2.75, 3.05) is 0 Å². The molecule has 112 valence electrons. The van der Waals surface area contributed by atoms with E-state index in [-0.39, 0.29) is 11.6 Å². The average Bonchev–Trinajstić information content (AvgIpc) is 2.42. The second-order valence-corrected chi connectivity index (χ2v) is 5.76. The third kappa shape index (κ3) is 4.45. The molecule has 0 atom stereocenters. The molecule has 0 saturated heterocycles. The van der Waals surface area contributed by atoms with Crippen LogP contribution in [0.4, 0.5) is 4.39 Å². The monoisotopic (exact) mass is 307 g/mol. The Morgan fingerprint density at radius 1 is 1.14 bits per heavy atom. The maximum absolute atomic E-state index is 13.8. The van der Waals surface area contributed by atoms with E-state index in [1.54, 1.807) is 24.3 Å². The van der Waals surface area contributed by atoms with E-state index < -0.39 is 0 Å². The van der Waals surface area contributed by atoms with E-state index in [1.807, 2.05) is 13.0 Å². The Balaban J connectivity index is 2.29. The highest BCUT2D eigenvalue weighted by Gasteiger charge is 2.10. The molecule has 0 fully saturated rings. The third-order valence-corrected chi connectivity index (χ3v) is 3.27. The molecule has 21 heavy (non-hydrogen) atoms. The lowest BCUT2D eigenvalue weighted by Crippen LogP contribution is -2.22. The van der Waals surface area contributed by atoms with Crippen LogP contribution in [0.15, 0.2) is 36.4 Å². The van der Waals surface area contributed by atoms with Gasteiger partial charge in [-0.25, -0.2) is 4.39 Å². The van der Waals surface area contributed by atoms with Crippen molar-refractivity contribution in [3.63, 3.8) is 0 Å². The van der Waals surface area contributed by atoms with Crippen molar-refractivity contribution in [2.45, 2.75) is 33.4 Å². The minimum Gasteiger partial charge on any atom is -0.454 e. The first-order valence-electron chi connectivity index (χ1n) is 6.91. The molecule has 1 N–H and O–H groups in total. The second kappa shape index (κ2) is 6.92. The van der Waals surface area contributed by atoms with Crippen LogP contribution in [0.2, 0.25) is 5.02 Å². The minimum atomic E-state index is -0.386. The molecule has 0 aliphatic carbocycles. The van der Waals surface area contributed by atoms with Gasteiger partial charge in [0.2, 0.25) is 0 Å². The number of ether oxygens (including phenoxy) is 1. The topological polar surface area (TPSA) is 21.3 Å². The van der Waals surface area contributed by atoms with Crippen LogP contribution < -0.4 is 10.1 Å². The Labute approximate surface area is 129 Å². The van der Waals surface area contributed by atoms with Gasteiger partial charge >= 0.3 is 0 Å². The summed E-state index contributed by atoms with van der Waals surface area (Å²) in [6.45, 7) is 6.66. The summed E-state index contributed by atoms with van der Waals surface area (Å²) in [7, 11) is 0. The van der Waals surface area contributed by atoms with Gasteiger partial charge in [-0.2, -0.15) is 0 Å². The number of rotatable bonds is 5. The van der Waals surface area contributed by atoms with Gasteiger partial charge in [0.25, 0.3) is 0 Å². The predicted molar refractivity (Wildman–Crippen MR) is 84.6 cm³/mol. The van der Waals surface area contributed by atoms with Crippen molar-refractivity contribution in [1.82, 2.24) is 5.32 Å². The standard InChI is InChI=1S/C17H19ClFNO/c1-11(2)20-10-13-5-6-14(18)9-16(13)21-17-8-12(3)4-7-15(17)19/h4-9,11,20H,10H2,1-3H3. The average molecular weight is 308 g/mol. The lowest BCUT2D eigenvalue weighted by Gasteiger charge is -2.14. The zero-order chi connectivity index (χ0) is 15.4. The molecule has 0 saturated carbocycles. The number of aryl methyl sites for hydroxylation is 1. The molecule has 0 unspecified atom stereocenters. The summed E-state index contributed by atoms with van der Waals surface area (Å²) in [5.41, 5.74) is 1.88. The molecule has 4 heteroatoms. The zero-order valence-corrected chi connectivity index (χ0v) is 13.2. The summed E-state index contributed by atoms with van der Waals surface area (Å²) in [6.07, 6.45) is 0. The molecule has 2 rings (SSSR count). The van der Waals surface area contributed by atoms with E-state index in [2.05, 4.69) is 19.2 Å². The summed E-state index contributed by atoms with van der Waals surface area (Å²) in [5, 5.41) is 3.88. The fraction of sp³-hybridized carbons (Fsp3) is 0.294. The van der Waals surface area contributed by atoms with Gasteiger partial charge < -0.3 is 10.1 Å². The molecule has 0 spiro atoms. The van der Waals surface area contributed by atoms with Crippen molar-refractivity contribution < 1.29 is 9.13 Å². The summed E-state index contributed by atoms with van der Waals surface area (Å²) in [6, 6.07) is 10.5. The lowest BCUT2D eigenvalue weighted by molar-refractivity contribution is 0.434. The normalized spacial score (nSPS) is 11.0. The molecule has 2 aromatic rings. The Kier molecular flexibility index (Phi) is 5.21. The predicted octanol–water partition coefficient (Wildman–Crippen LogP) is 5.08. The first kappa shape index (κ1) is 15.8. The molecular weight excluding hydrogens is 289 g/mol. The van der Waals surface area contributed by atoms with Crippen LogP contribution >= 0.6 is 11.6 Å². The molecule has 0 aromatic heterocycles. The van der Waals surface area contributed by atoms with Gasteiger partial charge in [-0.1, -0.05) is 37.6 Å². The molecule has 0 aliphatic heterocycles. The van der Waals surface area contributed by atoms with Crippen molar-refractivity contribution >= 4 is 11.6 Å². The minimum absolute atomic E-state index is 0.211. The Morgan fingerprint density at radius 2 is 1.90 bits per heavy atom. The van der Waals surface area contributed by atoms with E-state index in [0.29, 0.717) is 23.4 Å². The number of hydrogen-bond donors (Lipinski definition) is 1. The van der Waals surface area contributed by atoms with E-state index in [9.17, 15) is 4.39 Å². The maximum Gasteiger partial charge on any atom is 0.165 e. The van der Waals surface area contributed by atoms with Gasteiger partial charge in [-0.3, -0.25) is 0 Å². The highest BCUT2D eigenvalue weighted by Crippen LogP contribution is 2.30. The Hall–Kier alpha value is -1.58. The molecule has 2 nitrogen and oxygen atoms in total. The van der Waals surface area contributed by atoms with Crippen molar-refractivity contribution in [2.24, 2.45) is 0 Å². The van der Waals surface area contributed by atoms with Crippen LogP contribution in [0.1, 0.15) is 25.0 Å². The highest BCUT2D eigenvalue weighted by atomic mass is 35.5. The number of hydrogen-bond acceptors (Lipinski definition) is 2. The zero-order valence-electron chi connectivity index (χ0n) is 12.4. The highest BCUT2D eigenvalue weighted by molar-refractivity contribution is 6.30. The van der Waals surface area contributed by atoms with E-state index in [1.165, 1.54) is 6.07 Å². The first-order chi connectivity index (χ1) is 9.95. The Bertz CT molecular complexity index is 628. The molecule has 0 radical (unpaired) electrons. The smallest absolute Gasteiger partial charge is 0.165 e. The molecule has 2 aromatic carbocycles. The van der Waals surface area contributed by atoms with Gasteiger partial charge in [0.15, 0.2) is 11.6 Å². The van der Waals surface area contributed by atoms with Crippen LogP contribution in [0.5, 0.6) is 11.5 Å². The summed E-state index contributed by atoms with van der Waals surface area (Å²) in [4.78, 5) is 0. The molecule has 0 aliphatic rings. The SMILES string of the molecule is Cc1ccc(F)c(Oc2cc(Cl)ccc2CNC(C)C)c1. The quantitative estimate of drug-likeness (QED) is 0.832. The number of halogens is 2. The number of benzene rings is 2. The van der Waals surface area contributed by atoms with E-state index >= 15 is 0 Å². The fourth-order valence-electron chi connectivity index (χ4n) is 1.89. The second-order valence-electron chi connectivity index (χ2n) is 5.32. The van der Waals surface area contributed by atoms with Crippen LogP contribution in [0.3, 0.4) is 0 Å². The number of nitrogens with one attached hydrogen (secondary N) is 1. The van der Waals surface area contributed by atoms with Gasteiger partial charge in [0.1, 0.15) is 5.75 Å². The summed E-state index contributed by atoms with van der Waals surface area (Å²) >= 11 is 6.02. The van der Waals surface area contributed by atoms with Gasteiger partial charge in [0, 0.05) is 23.2 Å². The van der Waals surface area contributed by atoms with Crippen LogP contribution in [-0.4, -0.2) is 6.04 Å². The van der Waals surface area contributed by atoms with Gasteiger partial charge in [-0.15, -0.1) is 0 Å². The largest absolute Gasteiger partial charge is 0.454 e. The molecular formula is C17H19ClFNO. The van der Waals surface area contributed by atoms with Crippen molar-refractivity contribution in [3.8, 4) is 11.5 Å². The molecule has 0 heterocycles. The summed E-state index contributed by atoms with van der Waals surface area (Å²) in [5.74, 6) is 0.395. The summed E-state index contributed by atoms with van der Waals surface area (Å²) < 4.78 is 19.6. The first-order valence-corrected chi connectivity index (χ1v) is 7.29. The van der Waals surface area contributed by atoms with E-state index in [0.717, 1.165) is 11.1 Å². The third-order valence-electron chi connectivity index (χ3n) is 3.04. The fourth-order valence-corrected chi connectivity index (χ4v) is 2.05. The maximum atomic E-state index is 13.8. The van der Waals surface area contributed by atoms with Gasteiger partial charge in [0.05, 0.1) is 0 Å². The molecule has 0 bridgehead atoms. The van der Waals surface area contributed by atoms with Crippen LogP contribution in [0, 0.1) is 12.7 Å². The van der Waals surface area contributed by atoms with E-state index in [4.69, 9.17) is 16.3 Å². The van der Waals surface area contributed by atoms with Gasteiger partial charge in [-0.05, 0) is 36.8 Å². The molecule has 0 amide bonds. The van der Waals surface area contributed by atoms with Crippen LogP contribution in [-0.2, 0) is 6.54 Å². The lowest BCUT2D eigenvalue weighted by atomic mass is 10.2. The Morgan fingerprint density at radius 3 is 2.62 bits per heavy atom.